The second-order valence-electron chi connectivity index (χ2n) is 4.59. The van der Waals surface area contributed by atoms with Crippen LogP contribution in [0.2, 0.25) is 0 Å². The van der Waals surface area contributed by atoms with E-state index >= 15 is 0 Å². The van der Waals surface area contributed by atoms with Crippen molar-refractivity contribution in [2.45, 2.75) is 18.7 Å². The van der Waals surface area contributed by atoms with Crippen LogP contribution >= 0.6 is 24.0 Å². The zero-order valence-electron chi connectivity index (χ0n) is 11.4. The Morgan fingerprint density at radius 1 is 1.00 bits per heavy atom. The number of nitrogens with zero attached hydrogens (tertiary/aromatic N) is 1. The SMILES string of the molecule is Cc1ccc(N)c(S)c1.Cc1ccc2nc(N)sc2c1. The molecule has 0 amide bonds. The molecule has 0 atom stereocenters. The lowest BCUT2D eigenvalue weighted by atomic mass is 10.2. The van der Waals surface area contributed by atoms with Crippen LogP contribution in [0.5, 0.6) is 0 Å². The number of hydrogen-bond acceptors (Lipinski definition) is 5. The number of rotatable bonds is 0. The fraction of sp³-hybridized carbons (Fsp3) is 0.133. The summed E-state index contributed by atoms with van der Waals surface area (Å²) in [7, 11) is 0. The van der Waals surface area contributed by atoms with E-state index in [0.717, 1.165) is 16.1 Å². The Bertz CT molecular complexity index is 735. The number of nitrogen functional groups attached to an aromatic ring is 2. The number of nitrogens with two attached hydrogens (primary N) is 2. The third kappa shape index (κ3) is 3.65. The molecule has 1 aromatic heterocycles. The van der Waals surface area contributed by atoms with Gasteiger partial charge in [-0.15, -0.1) is 12.6 Å². The molecule has 3 aromatic rings. The first-order chi connectivity index (χ1) is 9.45. The van der Waals surface area contributed by atoms with E-state index in [0.29, 0.717) is 5.13 Å². The van der Waals surface area contributed by atoms with Crippen LogP contribution in [0, 0.1) is 13.8 Å². The largest absolute Gasteiger partial charge is 0.398 e. The van der Waals surface area contributed by atoms with Crippen molar-refractivity contribution in [3.63, 3.8) is 0 Å². The van der Waals surface area contributed by atoms with Crippen LogP contribution in [0.3, 0.4) is 0 Å². The highest BCUT2D eigenvalue weighted by atomic mass is 32.1. The van der Waals surface area contributed by atoms with Gasteiger partial charge in [0, 0.05) is 10.6 Å². The second-order valence-corrected chi connectivity index (χ2v) is 6.13. The zero-order chi connectivity index (χ0) is 14.7. The number of thiazole rings is 1. The molecular formula is C15H17N3S2. The fourth-order valence-electron chi connectivity index (χ4n) is 1.70. The summed E-state index contributed by atoms with van der Waals surface area (Å²) in [5.41, 5.74) is 15.2. The van der Waals surface area contributed by atoms with Crippen molar-refractivity contribution >= 4 is 45.0 Å². The third-order valence-corrected chi connectivity index (χ3v) is 3.98. The summed E-state index contributed by atoms with van der Waals surface area (Å²) in [6, 6.07) is 11.9. The van der Waals surface area contributed by atoms with Gasteiger partial charge in [0.15, 0.2) is 5.13 Å². The first-order valence-electron chi connectivity index (χ1n) is 6.13. The summed E-state index contributed by atoms with van der Waals surface area (Å²) in [4.78, 5) is 5.01. The van der Waals surface area contributed by atoms with Crippen molar-refractivity contribution in [1.82, 2.24) is 4.98 Å². The normalized spacial score (nSPS) is 10.2. The number of aromatic nitrogens is 1. The van der Waals surface area contributed by atoms with E-state index in [1.165, 1.54) is 27.2 Å². The number of hydrogen-bond donors (Lipinski definition) is 3. The van der Waals surface area contributed by atoms with Crippen LogP contribution in [-0.4, -0.2) is 4.98 Å². The minimum absolute atomic E-state index is 0.644. The van der Waals surface area contributed by atoms with Crippen molar-refractivity contribution in [2.75, 3.05) is 11.5 Å². The Kier molecular flexibility index (Phi) is 4.52. The van der Waals surface area contributed by atoms with E-state index in [4.69, 9.17) is 11.5 Å². The van der Waals surface area contributed by atoms with Gasteiger partial charge < -0.3 is 11.5 Å². The van der Waals surface area contributed by atoms with Gasteiger partial charge in [0.2, 0.25) is 0 Å². The summed E-state index contributed by atoms with van der Waals surface area (Å²) in [5.74, 6) is 0. The van der Waals surface area contributed by atoms with Gasteiger partial charge in [-0.3, -0.25) is 0 Å². The monoisotopic (exact) mass is 303 g/mol. The molecule has 0 spiro atoms. The van der Waals surface area contributed by atoms with Crippen LogP contribution < -0.4 is 11.5 Å². The van der Waals surface area contributed by atoms with Crippen LogP contribution in [0.25, 0.3) is 10.2 Å². The van der Waals surface area contributed by atoms with Crippen molar-refractivity contribution in [3.05, 3.63) is 47.5 Å². The van der Waals surface area contributed by atoms with E-state index in [-0.39, 0.29) is 0 Å². The summed E-state index contributed by atoms with van der Waals surface area (Å²) < 4.78 is 1.17. The molecular weight excluding hydrogens is 286 g/mol. The average Bonchev–Trinajstić information content (AvgIpc) is 2.74. The smallest absolute Gasteiger partial charge is 0.181 e. The molecule has 2 aromatic carbocycles. The topological polar surface area (TPSA) is 64.9 Å². The van der Waals surface area contributed by atoms with Crippen molar-refractivity contribution in [3.8, 4) is 0 Å². The Morgan fingerprint density at radius 3 is 2.30 bits per heavy atom. The van der Waals surface area contributed by atoms with E-state index in [1.807, 2.05) is 37.3 Å². The summed E-state index contributed by atoms with van der Waals surface area (Å²) in [6.07, 6.45) is 0. The number of thiol groups is 1. The molecule has 20 heavy (non-hydrogen) atoms. The Labute approximate surface area is 128 Å². The van der Waals surface area contributed by atoms with Gasteiger partial charge in [-0.25, -0.2) is 4.98 Å². The first kappa shape index (κ1) is 14.7. The van der Waals surface area contributed by atoms with E-state index in [9.17, 15) is 0 Å². The molecule has 0 bridgehead atoms. The molecule has 3 nitrogen and oxygen atoms in total. The third-order valence-electron chi connectivity index (χ3n) is 2.75. The Hall–Kier alpha value is -1.72. The fourth-order valence-corrected chi connectivity index (χ4v) is 2.81. The second kappa shape index (κ2) is 6.15. The van der Waals surface area contributed by atoms with Gasteiger partial charge in [0.25, 0.3) is 0 Å². The predicted molar refractivity (Wildman–Crippen MR) is 91.6 cm³/mol. The van der Waals surface area contributed by atoms with Gasteiger partial charge in [0.05, 0.1) is 10.2 Å². The molecule has 0 radical (unpaired) electrons. The van der Waals surface area contributed by atoms with Gasteiger partial charge >= 0.3 is 0 Å². The number of aryl methyl sites for hydroxylation is 2. The van der Waals surface area contributed by atoms with Crippen molar-refractivity contribution in [2.24, 2.45) is 0 Å². The average molecular weight is 303 g/mol. The van der Waals surface area contributed by atoms with Gasteiger partial charge in [-0.05, 0) is 49.2 Å². The highest BCUT2D eigenvalue weighted by Crippen LogP contribution is 2.24. The van der Waals surface area contributed by atoms with Crippen molar-refractivity contribution in [1.29, 1.82) is 0 Å². The molecule has 5 heteroatoms. The van der Waals surface area contributed by atoms with Crippen LogP contribution in [-0.2, 0) is 0 Å². The maximum atomic E-state index is 5.55. The highest BCUT2D eigenvalue weighted by Gasteiger charge is 1.98. The van der Waals surface area contributed by atoms with E-state index in [2.05, 4.69) is 30.6 Å². The van der Waals surface area contributed by atoms with Crippen molar-refractivity contribution < 1.29 is 0 Å². The Morgan fingerprint density at radius 2 is 1.65 bits per heavy atom. The lowest BCUT2D eigenvalue weighted by Crippen LogP contribution is -1.85. The molecule has 0 fully saturated rings. The van der Waals surface area contributed by atoms with E-state index < -0.39 is 0 Å². The molecule has 0 aliphatic rings. The van der Waals surface area contributed by atoms with Gasteiger partial charge in [-0.1, -0.05) is 23.5 Å². The maximum absolute atomic E-state index is 5.55. The number of anilines is 2. The summed E-state index contributed by atoms with van der Waals surface area (Å²) >= 11 is 5.68. The molecule has 4 N–H and O–H groups in total. The van der Waals surface area contributed by atoms with E-state index in [1.54, 1.807) is 0 Å². The van der Waals surface area contributed by atoms with Crippen LogP contribution in [0.1, 0.15) is 11.1 Å². The molecule has 0 aliphatic heterocycles. The van der Waals surface area contributed by atoms with Crippen LogP contribution in [0.4, 0.5) is 10.8 Å². The lowest BCUT2D eigenvalue weighted by Gasteiger charge is -1.97. The first-order valence-corrected chi connectivity index (χ1v) is 7.40. The van der Waals surface area contributed by atoms with Gasteiger partial charge in [0.1, 0.15) is 0 Å². The number of benzene rings is 2. The minimum atomic E-state index is 0.644. The summed E-state index contributed by atoms with van der Waals surface area (Å²) in [6.45, 7) is 4.08. The predicted octanol–water partition coefficient (Wildman–Crippen LogP) is 4.05. The van der Waals surface area contributed by atoms with Gasteiger partial charge in [-0.2, -0.15) is 0 Å². The molecule has 0 aliphatic carbocycles. The minimum Gasteiger partial charge on any atom is -0.398 e. The molecule has 1 heterocycles. The van der Waals surface area contributed by atoms with Crippen LogP contribution in [0.15, 0.2) is 41.3 Å². The molecule has 3 rings (SSSR count). The molecule has 0 saturated heterocycles. The molecule has 104 valence electrons. The zero-order valence-corrected chi connectivity index (χ0v) is 13.1. The maximum Gasteiger partial charge on any atom is 0.181 e. The number of fused-ring (bicyclic) bond motifs is 1. The molecule has 0 saturated carbocycles. The lowest BCUT2D eigenvalue weighted by molar-refractivity contribution is 1.37. The summed E-state index contributed by atoms with van der Waals surface area (Å²) in [5, 5.41) is 0.644. The standard InChI is InChI=1S/C8H8N2S.C7H9NS/c1-5-2-3-6-7(4-5)11-8(9)10-6;1-5-2-3-6(8)7(9)4-5/h2-4H,1H3,(H2,9,10);2-4,9H,8H2,1H3. The molecule has 0 unspecified atom stereocenters. The Balaban J connectivity index is 0.000000151. The highest BCUT2D eigenvalue weighted by molar-refractivity contribution is 7.80. The quantitative estimate of drug-likeness (QED) is 0.433.